The fourth-order valence-electron chi connectivity index (χ4n) is 2.14. The molecule has 1 aromatic rings. The maximum absolute atomic E-state index is 11.6. The van der Waals surface area contributed by atoms with Crippen LogP contribution in [0.5, 0.6) is 0 Å². The molecule has 1 aliphatic carbocycles. The van der Waals surface area contributed by atoms with Crippen molar-refractivity contribution in [2.24, 2.45) is 0 Å². The van der Waals surface area contributed by atoms with Crippen LogP contribution in [0.2, 0.25) is 0 Å². The minimum absolute atomic E-state index is 0.250. The van der Waals surface area contributed by atoms with Crippen LogP contribution in [0.4, 0.5) is 0 Å². The van der Waals surface area contributed by atoms with E-state index in [1.807, 2.05) is 0 Å². The van der Waals surface area contributed by atoms with Gasteiger partial charge in [0.2, 0.25) is 0 Å². The van der Waals surface area contributed by atoms with Gasteiger partial charge in [0.1, 0.15) is 0 Å². The molecule has 2 rings (SSSR count). The molecule has 1 aliphatic rings. The molecule has 1 fully saturated rings. The molecule has 2 N–H and O–H groups in total. The number of unbranched alkanes of at least 4 members (excludes halogenated alkanes) is 1. The Morgan fingerprint density at radius 1 is 1.27 bits per heavy atom. The SMILES string of the molecule is CC/C=C1\C\C1=C/CCCn1cc(C)c(=O)[nH]c1=O.CCO. The minimum atomic E-state index is -0.318. The van der Waals surface area contributed by atoms with E-state index < -0.39 is 0 Å². The van der Waals surface area contributed by atoms with Gasteiger partial charge in [0.05, 0.1) is 0 Å². The van der Waals surface area contributed by atoms with Crippen molar-refractivity contribution in [1.82, 2.24) is 9.55 Å². The van der Waals surface area contributed by atoms with Crippen LogP contribution in [0.15, 0.2) is 39.1 Å². The van der Waals surface area contributed by atoms with Crippen LogP contribution >= 0.6 is 0 Å². The summed E-state index contributed by atoms with van der Waals surface area (Å²) in [5, 5.41) is 7.57. The highest BCUT2D eigenvalue weighted by Gasteiger charge is 2.18. The van der Waals surface area contributed by atoms with Crippen LogP contribution in [-0.2, 0) is 6.54 Å². The van der Waals surface area contributed by atoms with Gasteiger partial charge in [0.25, 0.3) is 5.56 Å². The Bertz CT molecular complexity index is 651. The van der Waals surface area contributed by atoms with E-state index in [1.165, 1.54) is 11.1 Å². The van der Waals surface area contributed by atoms with Crippen molar-refractivity contribution in [1.29, 1.82) is 0 Å². The lowest BCUT2D eigenvalue weighted by Crippen LogP contribution is -2.30. The highest BCUT2D eigenvalue weighted by Crippen LogP contribution is 2.37. The Kier molecular flexibility index (Phi) is 7.60. The molecule has 0 spiro atoms. The number of nitrogens with one attached hydrogen (secondary N) is 1. The number of H-pyrrole nitrogens is 1. The van der Waals surface area contributed by atoms with Crippen LogP contribution in [0.25, 0.3) is 0 Å². The molecule has 0 radical (unpaired) electrons. The summed E-state index contributed by atoms with van der Waals surface area (Å²) < 4.78 is 1.57. The first-order valence-electron chi connectivity index (χ1n) is 7.83. The highest BCUT2D eigenvalue weighted by molar-refractivity contribution is 5.50. The maximum Gasteiger partial charge on any atom is 0.328 e. The molecule has 0 atom stereocenters. The monoisotopic (exact) mass is 306 g/mol. The van der Waals surface area contributed by atoms with E-state index in [2.05, 4.69) is 24.1 Å². The van der Waals surface area contributed by atoms with Crippen LogP contribution in [0.1, 0.15) is 45.1 Å². The maximum atomic E-state index is 11.6. The summed E-state index contributed by atoms with van der Waals surface area (Å²) in [6.45, 7) is 6.43. The molecular formula is C17H26N2O3. The van der Waals surface area contributed by atoms with Gasteiger partial charge in [-0.1, -0.05) is 19.1 Å². The Labute approximate surface area is 131 Å². The van der Waals surface area contributed by atoms with E-state index in [0.717, 1.165) is 25.7 Å². The number of aryl methyl sites for hydroxylation is 2. The summed E-state index contributed by atoms with van der Waals surface area (Å²) >= 11 is 0. The molecule has 0 unspecified atom stereocenters. The first-order valence-corrected chi connectivity index (χ1v) is 7.83. The van der Waals surface area contributed by atoms with E-state index in [9.17, 15) is 9.59 Å². The number of hydrogen-bond acceptors (Lipinski definition) is 3. The lowest BCUT2D eigenvalue weighted by atomic mass is 10.2. The number of aromatic amines is 1. The standard InChI is InChI=1S/C15H20N2O2.C2H6O/c1-3-6-12-9-13(12)7-4-5-8-17-10-11(2)14(18)16-15(17)19;1-2-3/h6-7,10H,3-5,8-9H2,1-2H3,(H,16,18,19);3H,2H2,1H3/b12-6+,13-7+;. The van der Waals surface area contributed by atoms with Crippen LogP contribution in [-0.4, -0.2) is 21.3 Å². The summed E-state index contributed by atoms with van der Waals surface area (Å²) in [6.07, 6.45) is 10.3. The molecule has 0 bridgehead atoms. The minimum Gasteiger partial charge on any atom is -0.397 e. The Balaban J connectivity index is 0.000000745. The Morgan fingerprint density at radius 2 is 1.91 bits per heavy atom. The predicted molar refractivity (Wildman–Crippen MR) is 89.1 cm³/mol. The third-order valence-electron chi connectivity index (χ3n) is 3.30. The topological polar surface area (TPSA) is 75.1 Å². The number of aliphatic hydroxyl groups is 1. The van der Waals surface area contributed by atoms with E-state index in [0.29, 0.717) is 12.1 Å². The largest absolute Gasteiger partial charge is 0.397 e. The van der Waals surface area contributed by atoms with Crippen LogP contribution < -0.4 is 11.2 Å². The van der Waals surface area contributed by atoms with Gasteiger partial charge in [-0.3, -0.25) is 9.78 Å². The van der Waals surface area contributed by atoms with Gasteiger partial charge < -0.3 is 9.67 Å². The second-order valence-electron chi connectivity index (χ2n) is 5.27. The molecule has 5 nitrogen and oxygen atoms in total. The third-order valence-corrected chi connectivity index (χ3v) is 3.30. The number of allylic oxidation sites excluding steroid dienone is 4. The van der Waals surface area contributed by atoms with Crippen LogP contribution in [0, 0.1) is 6.92 Å². The average molecular weight is 306 g/mol. The van der Waals surface area contributed by atoms with E-state index in [1.54, 1.807) is 24.6 Å². The fraction of sp³-hybridized carbons (Fsp3) is 0.529. The number of hydrogen-bond donors (Lipinski definition) is 2. The summed E-state index contributed by atoms with van der Waals surface area (Å²) in [5.74, 6) is 0. The van der Waals surface area contributed by atoms with E-state index in [4.69, 9.17) is 5.11 Å². The smallest absolute Gasteiger partial charge is 0.328 e. The van der Waals surface area contributed by atoms with E-state index >= 15 is 0 Å². The predicted octanol–water partition coefficient (Wildman–Crippen LogP) is 2.29. The normalized spacial score (nSPS) is 16.5. The first kappa shape index (κ1) is 18.2. The molecule has 0 saturated heterocycles. The molecule has 122 valence electrons. The number of nitrogens with zero attached hydrogens (tertiary/aromatic N) is 1. The fourth-order valence-corrected chi connectivity index (χ4v) is 2.14. The summed E-state index contributed by atoms with van der Waals surface area (Å²) in [4.78, 5) is 25.1. The lowest BCUT2D eigenvalue weighted by Gasteiger charge is -2.04. The van der Waals surface area contributed by atoms with Crippen molar-refractivity contribution >= 4 is 0 Å². The first-order chi connectivity index (χ1) is 10.5. The molecule has 1 aromatic heterocycles. The molecule has 1 saturated carbocycles. The summed E-state index contributed by atoms with van der Waals surface area (Å²) in [7, 11) is 0. The number of aromatic nitrogens is 2. The van der Waals surface area contributed by atoms with Crippen LogP contribution in [0.3, 0.4) is 0 Å². The van der Waals surface area contributed by atoms with E-state index in [-0.39, 0.29) is 17.9 Å². The average Bonchev–Trinajstić information content (AvgIpc) is 3.20. The second kappa shape index (κ2) is 9.20. The Hall–Kier alpha value is -1.88. The molecule has 0 amide bonds. The number of aliphatic hydroxyl groups excluding tert-OH is 1. The molecule has 0 aromatic carbocycles. The Morgan fingerprint density at radius 3 is 2.55 bits per heavy atom. The van der Waals surface area contributed by atoms with Crippen molar-refractivity contribution in [3.05, 3.63) is 55.9 Å². The molecule has 0 aliphatic heterocycles. The zero-order valence-corrected chi connectivity index (χ0v) is 13.7. The second-order valence-corrected chi connectivity index (χ2v) is 5.27. The van der Waals surface area contributed by atoms with Gasteiger partial charge in [-0.15, -0.1) is 0 Å². The van der Waals surface area contributed by atoms with Gasteiger partial charge in [0.15, 0.2) is 0 Å². The van der Waals surface area contributed by atoms with Crippen molar-refractivity contribution in [2.75, 3.05) is 6.61 Å². The van der Waals surface area contributed by atoms with Gasteiger partial charge in [-0.25, -0.2) is 4.79 Å². The van der Waals surface area contributed by atoms with Crippen molar-refractivity contribution < 1.29 is 5.11 Å². The summed E-state index contributed by atoms with van der Waals surface area (Å²) in [5.41, 5.74) is 2.89. The quantitative estimate of drug-likeness (QED) is 0.820. The molecular weight excluding hydrogens is 280 g/mol. The number of rotatable bonds is 5. The van der Waals surface area contributed by atoms with Crippen molar-refractivity contribution in [3.8, 4) is 0 Å². The van der Waals surface area contributed by atoms with Gasteiger partial charge in [-0.05, 0) is 50.7 Å². The lowest BCUT2D eigenvalue weighted by molar-refractivity contribution is 0.318. The van der Waals surface area contributed by atoms with Crippen molar-refractivity contribution in [3.63, 3.8) is 0 Å². The molecule has 1 heterocycles. The van der Waals surface area contributed by atoms with Crippen molar-refractivity contribution in [2.45, 2.75) is 53.0 Å². The highest BCUT2D eigenvalue weighted by atomic mass is 16.2. The van der Waals surface area contributed by atoms with Gasteiger partial charge in [0, 0.05) is 24.9 Å². The van der Waals surface area contributed by atoms with Gasteiger partial charge >= 0.3 is 5.69 Å². The molecule has 5 heteroatoms. The summed E-state index contributed by atoms with van der Waals surface area (Å²) in [6, 6.07) is 0. The molecule has 22 heavy (non-hydrogen) atoms. The van der Waals surface area contributed by atoms with Gasteiger partial charge in [-0.2, -0.15) is 0 Å². The zero-order valence-electron chi connectivity index (χ0n) is 13.7. The third kappa shape index (κ3) is 5.85. The zero-order chi connectivity index (χ0) is 16.5.